The molecule has 1 heterocycles. The minimum absolute atomic E-state index is 0.113. The Balaban J connectivity index is 2.06. The van der Waals surface area contributed by atoms with Crippen LogP contribution in [0.1, 0.15) is 25.7 Å². The summed E-state index contributed by atoms with van der Waals surface area (Å²) in [4.78, 5) is 26.2. The van der Waals surface area contributed by atoms with E-state index in [4.69, 9.17) is 11.6 Å². The van der Waals surface area contributed by atoms with E-state index >= 15 is 0 Å². The number of imide groups is 1. The van der Waals surface area contributed by atoms with Gasteiger partial charge in [0.1, 0.15) is 0 Å². The number of rotatable bonds is 3. The van der Waals surface area contributed by atoms with Crippen LogP contribution >= 0.6 is 11.6 Å². The van der Waals surface area contributed by atoms with Crippen molar-refractivity contribution in [2.24, 2.45) is 0 Å². The summed E-state index contributed by atoms with van der Waals surface area (Å²) >= 11 is 5.91. The van der Waals surface area contributed by atoms with Gasteiger partial charge in [0.25, 0.3) is 11.8 Å². The molecule has 0 aromatic heterocycles. The predicted octanol–water partition coefficient (Wildman–Crippen LogP) is 2.46. The fourth-order valence-electron chi connectivity index (χ4n) is 2.94. The van der Waals surface area contributed by atoms with E-state index in [9.17, 15) is 18.0 Å². The van der Waals surface area contributed by atoms with Gasteiger partial charge in [0.05, 0.1) is 17.6 Å². The maximum atomic E-state index is 12.6. The highest BCUT2D eigenvalue weighted by atomic mass is 35.5. The van der Waals surface area contributed by atoms with Crippen LogP contribution in [0.4, 0.5) is 11.4 Å². The monoisotopic (exact) mass is 354 g/mol. The Hall–Kier alpha value is -1.86. The standard InChI is InChI=1S/C15H15ClN2O4S/c1-23(21,22)17-12-8-9(16)6-7-13(12)18-14(19)10-4-2-3-5-11(10)15(18)20/h6-8,17H,2-5H2,1H3. The summed E-state index contributed by atoms with van der Waals surface area (Å²) in [6.45, 7) is 0. The molecule has 8 heteroatoms. The zero-order valence-electron chi connectivity index (χ0n) is 12.4. The molecule has 1 aliphatic heterocycles. The normalized spacial score (nSPS) is 18.4. The second-order valence-electron chi connectivity index (χ2n) is 5.65. The van der Waals surface area contributed by atoms with Gasteiger partial charge in [0, 0.05) is 16.2 Å². The number of nitrogens with zero attached hydrogens (tertiary/aromatic N) is 1. The molecule has 1 aromatic rings. The lowest BCUT2D eigenvalue weighted by Crippen LogP contribution is -2.32. The number of benzene rings is 1. The molecule has 0 bridgehead atoms. The van der Waals surface area contributed by atoms with Gasteiger partial charge in [-0.3, -0.25) is 14.3 Å². The van der Waals surface area contributed by atoms with Crippen molar-refractivity contribution in [1.29, 1.82) is 0 Å². The molecule has 0 fully saturated rings. The first kappa shape index (κ1) is 16.0. The summed E-state index contributed by atoms with van der Waals surface area (Å²) in [6, 6.07) is 4.38. The number of hydrogen-bond donors (Lipinski definition) is 1. The van der Waals surface area contributed by atoms with Crippen molar-refractivity contribution < 1.29 is 18.0 Å². The molecular weight excluding hydrogens is 340 g/mol. The molecule has 3 rings (SSSR count). The summed E-state index contributed by atoms with van der Waals surface area (Å²) in [5.41, 5.74) is 1.40. The van der Waals surface area contributed by atoms with Gasteiger partial charge in [-0.2, -0.15) is 0 Å². The third-order valence-electron chi connectivity index (χ3n) is 3.89. The molecule has 122 valence electrons. The Morgan fingerprint density at radius 3 is 2.17 bits per heavy atom. The minimum atomic E-state index is -3.58. The maximum absolute atomic E-state index is 12.6. The number of amides is 2. The van der Waals surface area contributed by atoms with Gasteiger partial charge < -0.3 is 0 Å². The molecule has 0 radical (unpaired) electrons. The van der Waals surface area contributed by atoms with Gasteiger partial charge in [0.15, 0.2) is 0 Å². The number of sulfonamides is 1. The smallest absolute Gasteiger partial charge is 0.261 e. The molecule has 1 aliphatic carbocycles. The van der Waals surface area contributed by atoms with Crippen LogP contribution in [-0.2, 0) is 19.6 Å². The molecule has 0 atom stereocenters. The summed E-state index contributed by atoms with van der Waals surface area (Å²) < 4.78 is 25.4. The number of carbonyl (C=O) groups excluding carboxylic acids is 2. The average Bonchev–Trinajstić information content (AvgIpc) is 2.71. The number of nitrogens with one attached hydrogen (secondary N) is 1. The highest BCUT2D eigenvalue weighted by Crippen LogP contribution is 2.39. The van der Waals surface area contributed by atoms with Crippen molar-refractivity contribution in [3.63, 3.8) is 0 Å². The topological polar surface area (TPSA) is 83.6 Å². The van der Waals surface area contributed by atoms with Crippen LogP contribution in [0.25, 0.3) is 0 Å². The molecule has 6 nitrogen and oxygen atoms in total. The third-order valence-corrected chi connectivity index (χ3v) is 4.71. The number of carbonyl (C=O) groups is 2. The van der Waals surface area contributed by atoms with Gasteiger partial charge in [-0.25, -0.2) is 13.3 Å². The first-order valence-electron chi connectivity index (χ1n) is 7.16. The van der Waals surface area contributed by atoms with Crippen LogP contribution in [0, 0.1) is 0 Å². The highest BCUT2D eigenvalue weighted by molar-refractivity contribution is 7.92. The molecule has 0 unspecified atom stereocenters. The lowest BCUT2D eigenvalue weighted by Gasteiger charge is -2.19. The second kappa shape index (κ2) is 5.65. The average molecular weight is 355 g/mol. The number of halogens is 1. The summed E-state index contributed by atoms with van der Waals surface area (Å²) in [5.74, 6) is -0.743. The summed E-state index contributed by atoms with van der Waals surface area (Å²) in [6.07, 6.45) is 3.91. The molecule has 2 aliphatic rings. The fourth-order valence-corrected chi connectivity index (χ4v) is 3.68. The Morgan fingerprint density at radius 2 is 1.65 bits per heavy atom. The van der Waals surface area contributed by atoms with Crippen LogP contribution in [0.15, 0.2) is 29.3 Å². The van der Waals surface area contributed by atoms with Crippen LogP contribution in [0.3, 0.4) is 0 Å². The third kappa shape index (κ3) is 2.98. The SMILES string of the molecule is CS(=O)(=O)Nc1cc(Cl)ccc1N1C(=O)C2=C(CCCC2)C1=O. The summed E-state index contributed by atoms with van der Waals surface area (Å²) in [5, 5.41) is 0.303. The largest absolute Gasteiger partial charge is 0.282 e. The number of anilines is 2. The number of hydrogen-bond acceptors (Lipinski definition) is 4. The highest BCUT2D eigenvalue weighted by Gasteiger charge is 2.40. The Bertz CT molecular complexity index is 817. The zero-order chi connectivity index (χ0) is 16.8. The van der Waals surface area contributed by atoms with E-state index in [1.54, 1.807) is 0 Å². The van der Waals surface area contributed by atoms with Gasteiger partial charge in [-0.05, 0) is 43.9 Å². The van der Waals surface area contributed by atoms with E-state index in [2.05, 4.69) is 4.72 Å². The van der Waals surface area contributed by atoms with Crippen LogP contribution in [-0.4, -0.2) is 26.5 Å². The molecule has 0 saturated carbocycles. The van der Waals surface area contributed by atoms with Crippen LogP contribution in [0.2, 0.25) is 5.02 Å². The van der Waals surface area contributed by atoms with E-state index in [1.165, 1.54) is 18.2 Å². The van der Waals surface area contributed by atoms with Gasteiger partial charge in [-0.1, -0.05) is 11.6 Å². The summed E-state index contributed by atoms with van der Waals surface area (Å²) in [7, 11) is -3.58. The lowest BCUT2D eigenvalue weighted by molar-refractivity contribution is -0.120. The first-order chi connectivity index (χ1) is 10.8. The minimum Gasteiger partial charge on any atom is -0.282 e. The first-order valence-corrected chi connectivity index (χ1v) is 9.43. The molecular formula is C15H15ClN2O4S. The van der Waals surface area contributed by atoms with Gasteiger partial charge in [-0.15, -0.1) is 0 Å². The Kier molecular flexibility index (Phi) is 3.93. The van der Waals surface area contributed by atoms with Crippen molar-refractivity contribution in [2.45, 2.75) is 25.7 Å². The lowest BCUT2D eigenvalue weighted by atomic mass is 9.93. The maximum Gasteiger partial charge on any atom is 0.261 e. The molecule has 0 saturated heterocycles. The van der Waals surface area contributed by atoms with Crippen molar-refractivity contribution in [1.82, 2.24) is 0 Å². The van der Waals surface area contributed by atoms with Crippen molar-refractivity contribution in [3.8, 4) is 0 Å². The fraction of sp³-hybridized carbons (Fsp3) is 0.333. The molecule has 1 aromatic carbocycles. The van der Waals surface area contributed by atoms with E-state index in [0.717, 1.165) is 24.0 Å². The van der Waals surface area contributed by atoms with E-state index < -0.39 is 10.0 Å². The van der Waals surface area contributed by atoms with Crippen LogP contribution < -0.4 is 9.62 Å². The van der Waals surface area contributed by atoms with E-state index in [1.807, 2.05) is 0 Å². The molecule has 2 amide bonds. The molecule has 0 spiro atoms. The predicted molar refractivity (Wildman–Crippen MR) is 87.9 cm³/mol. The second-order valence-corrected chi connectivity index (χ2v) is 7.83. The van der Waals surface area contributed by atoms with E-state index in [0.29, 0.717) is 29.0 Å². The van der Waals surface area contributed by atoms with Gasteiger partial charge in [0.2, 0.25) is 10.0 Å². The quantitative estimate of drug-likeness (QED) is 0.845. The zero-order valence-corrected chi connectivity index (χ0v) is 14.0. The molecule has 23 heavy (non-hydrogen) atoms. The van der Waals surface area contributed by atoms with Crippen molar-refractivity contribution in [2.75, 3.05) is 15.9 Å². The Labute approximate surface area is 139 Å². The Morgan fingerprint density at radius 1 is 1.09 bits per heavy atom. The van der Waals surface area contributed by atoms with Crippen molar-refractivity contribution in [3.05, 3.63) is 34.4 Å². The van der Waals surface area contributed by atoms with Crippen molar-refractivity contribution >= 4 is 44.8 Å². The van der Waals surface area contributed by atoms with Gasteiger partial charge >= 0.3 is 0 Å². The molecule has 1 N–H and O–H groups in total. The van der Waals surface area contributed by atoms with E-state index in [-0.39, 0.29) is 23.2 Å². The van der Waals surface area contributed by atoms with Crippen LogP contribution in [0.5, 0.6) is 0 Å².